The Kier molecular flexibility index (Phi) is 9.10. The first kappa shape index (κ1) is 24.6. The molecule has 1 aromatic rings. The second-order valence-electron chi connectivity index (χ2n) is 8.87. The molecule has 2 amide bonds. The Morgan fingerprint density at radius 1 is 1.37 bits per heavy atom. The zero-order valence-corrected chi connectivity index (χ0v) is 19.0. The Balaban J connectivity index is 2.14. The van der Waals surface area contributed by atoms with E-state index in [4.69, 9.17) is 11.6 Å². The quantitative estimate of drug-likeness (QED) is 0.392. The van der Waals surface area contributed by atoms with Gasteiger partial charge in [-0.15, -0.1) is 0 Å². The minimum Gasteiger partial charge on any atom is -0.393 e. The molecule has 2 atom stereocenters. The van der Waals surface area contributed by atoms with Crippen molar-refractivity contribution in [3.63, 3.8) is 0 Å². The first-order chi connectivity index (χ1) is 14.2. The summed E-state index contributed by atoms with van der Waals surface area (Å²) in [7, 11) is 0. The molecule has 0 spiro atoms. The zero-order chi connectivity index (χ0) is 22.3. The van der Waals surface area contributed by atoms with Crippen molar-refractivity contribution in [3.8, 4) is 0 Å². The number of aryl methyl sites for hydroxylation is 1. The molecule has 1 aliphatic rings. The summed E-state index contributed by atoms with van der Waals surface area (Å²) in [6.07, 6.45) is 6.22. The van der Waals surface area contributed by atoms with Crippen LogP contribution in [-0.2, 0) is 9.59 Å². The van der Waals surface area contributed by atoms with Crippen molar-refractivity contribution in [1.82, 2.24) is 10.2 Å². The van der Waals surface area contributed by atoms with E-state index in [1.165, 1.54) is 11.0 Å². The summed E-state index contributed by atoms with van der Waals surface area (Å²) in [5, 5.41) is 12.7. The van der Waals surface area contributed by atoms with Crippen LogP contribution in [0, 0.1) is 18.2 Å². The number of carbonyl (C=O) groups is 2. The van der Waals surface area contributed by atoms with Crippen molar-refractivity contribution >= 4 is 23.9 Å². The molecule has 0 aliphatic heterocycles. The predicted octanol–water partition coefficient (Wildman–Crippen LogP) is 4.53. The molecule has 30 heavy (non-hydrogen) atoms. The molecule has 2 unspecified atom stereocenters. The van der Waals surface area contributed by atoms with Crippen molar-refractivity contribution < 1.29 is 19.1 Å². The Morgan fingerprint density at radius 3 is 2.63 bits per heavy atom. The molecule has 2 rings (SSSR count). The summed E-state index contributed by atoms with van der Waals surface area (Å²) in [6, 6.07) is 2.48. The van der Waals surface area contributed by atoms with Gasteiger partial charge in [-0.1, -0.05) is 37.4 Å². The number of halogens is 2. The molecule has 0 saturated heterocycles. The van der Waals surface area contributed by atoms with Crippen molar-refractivity contribution in [1.29, 1.82) is 0 Å². The van der Waals surface area contributed by atoms with Crippen LogP contribution in [0.4, 0.5) is 4.39 Å². The van der Waals surface area contributed by atoms with E-state index in [0.717, 1.165) is 37.7 Å². The number of benzene rings is 1. The normalized spacial score (nSPS) is 17.4. The van der Waals surface area contributed by atoms with Crippen molar-refractivity contribution in [2.45, 2.75) is 77.9 Å². The predicted molar refractivity (Wildman–Crippen MR) is 117 cm³/mol. The lowest BCUT2D eigenvalue weighted by Crippen LogP contribution is -2.44. The van der Waals surface area contributed by atoms with Crippen LogP contribution in [0.25, 0.3) is 0 Å². The summed E-state index contributed by atoms with van der Waals surface area (Å²) in [4.78, 5) is 25.7. The lowest BCUT2D eigenvalue weighted by molar-refractivity contribution is -0.129. The molecular formula is C23H34ClFN2O3. The van der Waals surface area contributed by atoms with Gasteiger partial charge in [-0.25, -0.2) is 4.39 Å². The third kappa shape index (κ3) is 6.42. The zero-order valence-electron chi connectivity index (χ0n) is 18.2. The first-order valence-corrected chi connectivity index (χ1v) is 11.2. The van der Waals surface area contributed by atoms with Crippen LogP contribution in [0.15, 0.2) is 12.1 Å². The molecule has 7 heteroatoms. The fourth-order valence-electron chi connectivity index (χ4n) is 4.32. The molecule has 1 aromatic carbocycles. The highest BCUT2D eigenvalue weighted by atomic mass is 35.5. The van der Waals surface area contributed by atoms with Crippen molar-refractivity contribution in [2.75, 3.05) is 13.1 Å². The number of rotatable bonds is 11. The molecule has 0 radical (unpaired) electrons. The van der Waals surface area contributed by atoms with Gasteiger partial charge in [0.2, 0.25) is 12.3 Å². The van der Waals surface area contributed by atoms with Gasteiger partial charge >= 0.3 is 0 Å². The fraction of sp³-hybridized carbons (Fsp3) is 0.652. The van der Waals surface area contributed by atoms with Crippen LogP contribution < -0.4 is 5.32 Å². The molecule has 5 nitrogen and oxygen atoms in total. The summed E-state index contributed by atoms with van der Waals surface area (Å²) < 4.78 is 14.8. The molecule has 0 aromatic heterocycles. The third-order valence-corrected chi connectivity index (χ3v) is 6.67. The monoisotopic (exact) mass is 440 g/mol. The van der Waals surface area contributed by atoms with E-state index in [9.17, 15) is 19.1 Å². The number of hydrogen-bond donors (Lipinski definition) is 2. The Morgan fingerprint density at radius 2 is 2.03 bits per heavy atom. The van der Waals surface area contributed by atoms with Crippen LogP contribution in [-0.4, -0.2) is 41.5 Å². The maximum atomic E-state index is 14.8. The standard InChI is InChI=1S/C23H34ClFN2O3/c1-16-9-10-18(25)20(21(16)24)22(23(3)11-5-6-12-23)26-19(30)14-27(15-28)13-7-4-8-17(2)29/h9-10,15,17,22,29H,4-8,11-14H2,1-3H3,(H,26,30). The van der Waals surface area contributed by atoms with E-state index in [0.29, 0.717) is 36.4 Å². The van der Waals surface area contributed by atoms with Gasteiger partial charge in [0.1, 0.15) is 5.82 Å². The highest BCUT2D eigenvalue weighted by Crippen LogP contribution is 2.49. The van der Waals surface area contributed by atoms with Crippen LogP contribution in [0.2, 0.25) is 5.02 Å². The lowest BCUT2D eigenvalue weighted by atomic mass is 9.76. The minimum absolute atomic E-state index is 0.0875. The molecule has 0 heterocycles. The van der Waals surface area contributed by atoms with E-state index >= 15 is 0 Å². The van der Waals surface area contributed by atoms with Crippen LogP contribution in [0.3, 0.4) is 0 Å². The Labute approximate surface area is 184 Å². The van der Waals surface area contributed by atoms with Gasteiger partial charge in [0.05, 0.1) is 23.7 Å². The van der Waals surface area contributed by atoms with Crippen molar-refractivity contribution in [2.24, 2.45) is 5.41 Å². The second-order valence-corrected chi connectivity index (χ2v) is 9.25. The first-order valence-electron chi connectivity index (χ1n) is 10.8. The van der Waals surface area contributed by atoms with E-state index < -0.39 is 11.9 Å². The number of nitrogens with zero attached hydrogens (tertiary/aromatic N) is 1. The Bertz CT molecular complexity index is 735. The molecular weight excluding hydrogens is 407 g/mol. The highest BCUT2D eigenvalue weighted by molar-refractivity contribution is 6.32. The smallest absolute Gasteiger partial charge is 0.240 e. The van der Waals surface area contributed by atoms with Gasteiger partial charge in [0.25, 0.3) is 0 Å². The van der Waals surface area contributed by atoms with E-state index in [-0.39, 0.29) is 24.0 Å². The topological polar surface area (TPSA) is 69.6 Å². The molecule has 168 valence electrons. The Hall–Kier alpha value is -1.66. The number of aliphatic hydroxyl groups is 1. The SMILES string of the molecule is Cc1ccc(F)c(C(NC(=O)CN(C=O)CCCCC(C)O)C2(C)CCCC2)c1Cl. The van der Waals surface area contributed by atoms with Gasteiger partial charge in [0, 0.05) is 12.1 Å². The van der Waals surface area contributed by atoms with Crippen LogP contribution >= 0.6 is 11.6 Å². The van der Waals surface area contributed by atoms with Crippen LogP contribution in [0.5, 0.6) is 0 Å². The van der Waals surface area contributed by atoms with E-state index in [1.54, 1.807) is 13.0 Å². The molecule has 2 N–H and O–H groups in total. The molecule has 1 fully saturated rings. The maximum Gasteiger partial charge on any atom is 0.240 e. The number of nitrogens with one attached hydrogen (secondary N) is 1. The number of amides is 2. The van der Waals surface area contributed by atoms with Crippen molar-refractivity contribution in [3.05, 3.63) is 34.1 Å². The fourth-order valence-corrected chi connectivity index (χ4v) is 4.59. The second kappa shape index (κ2) is 11.1. The number of hydrogen-bond acceptors (Lipinski definition) is 3. The maximum absolute atomic E-state index is 14.8. The number of aliphatic hydroxyl groups excluding tert-OH is 1. The summed E-state index contributed by atoms with van der Waals surface area (Å²) in [6.45, 7) is 5.96. The van der Waals surface area contributed by atoms with Gasteiger partial charge in [-0.05, 0) is 63.0 Å². The lowest BCUT2D eigenvalue weighted by Gasteiger charge is -2.36. The largest absolute Gasteiger partial charge is 0.393 e. The van der Waals surface area contributed by atoms with Gasteiger partial charge in [0.15, 0.2) is 0 Å². The van der Waals surface area contributed by atoms with Crippen LogP contribution in [0.1, 0.15) is 76.0 Å². The van der Waals surface area contributed by atoms with Gasteiger partial charge in [-0.2, -0.15) is 0 Å². The summed E-state index contributed by atoms with van der Waals surface area (Å²) in [5.41, 5.74) is 0.808. The summed E-state index contributed by atoms with van der Waals surface area (Å²) >= 11 is 6.48. The number of unbranched alkanes of at least 4 members (excludes halogenated alkanes) is 1. The number of carbonyl (C=O) groups excluding carboxylic acids is 2. The molecule has 1 saturated carbocycles. The highest BCUT2D eigenvalue weighted by Gasteiger charge is 2.41. The minimum atomic E-state index is -0.552. The van der Waals surface area contributed by atoms with Gasteiger partial charge < -0.3 is 15.3 Å². The third-order valence-electron chi connectivity index (χ3n) is 6.17. The molecule has 1 aliphatic carbocycles. The van der Waals surface area contributed by atoms with Gasteiger partial charge in [-0.3, -0.25) is 9.59 Å². The summed E-state index contributed by atoms with van der Waals surface area (Å²) in [5.74, 6) is -0.748. The average Bonchev–Trinajstić information content (AvgIpc) is 3.14. The van der Waals surface area contributed by atoms with E-state index in [1.807, 2.05) is 6.92 Å². The average molecular weight is 441 g/mol. The van der Waals surface area contributed by atoms with E-state index in [2.05, 4.69) is 12.2 Å². The molecule has 0 bridgehead atoms.